The van der Waals surface area contributed by atoms with Crippen LogP contribution in [0.1, 0.15) is 113 Å². The maximum Gasteiger partial charge on any atom is 0.145 e. The molecule has 0 aliphatic heterocycles. The fraction of sp³-hybridized carbons (Fsp3) is 0.261. The molecule has 7 aromatic carbocycles. The average molecular weight is 979 g/mol. The molecule has 6 nitrogen and oxygen atoms in total. The molecule has 75 heavy (non-hydrogen) atoms. The summed E-state index contributed by atoms with van der Waals surface area (Å²) in [6.45, 7) is 20.8. The molecule has 6 aromatic heterocycles. The van der Waals surface area contributed by atoms with Crippen LogP contribution in [-0.4, -0.2) is 28.2 Å². The Hall–Kier alpha value is -7.83. The van der Waals surface area contributed by atoms with Crippen LogP contribution in [0.15, 0.2) is 164 Å². The van der Waals surface area contributed by atoms with E-state index in [0.29, 0.717) is 19.3 Å². The van der Waals surface area contributed by atoms with Gasteiger partial charge in [-0.25, -0.2) is 15.0 Å². The zero-order valence-corrected chi connectivity index (χ0v) is 45.0. The van der Waals surface area contributed by atoms with Gasteiger partial charge in [-0.15, -0.1) is 0 Å². The molecule has 6 heteroatoms. The van der Waals surface area contributed by atoms with E-state index in [2.05, 4.69) is 240 Å². The van der Waals surface area contributed by atoms with Crippen molar-refractivity contribution in [2.75, 3.05) is 0 Å². The van der Waals surface area contributed by atoms with Crippen LogP contribution < -0.4 is 0 Å². The molecule has 0 aliphatic rings. The summed E-state index contributed by atoms with van der Waals surface area (Å²) in [7, 11) is 0. The number of imidazole rings is 3. The number of rotatable bonds is 9. The van der Waals surface area contributed by atoms with Crippen molar-refractivity contribution in [2.24, 2.45) is 16.2 Å². The van der Waals surface area contributed by atoms with Crippen molar-refractivity contribution in [3.8, 4) is 0 Å². The van der Waals surface area contributed by atoms with Crippen LogP contribution >= 0.6 is 0 Å². The number of nitrogens with zero attached hydrogens (tertiary/aromatic N) is 6. The summed E-state index contributed by atoms with van der Waals surface area (Å²) >= 11 is 0. The number of hydrogen-bond acceptors (Lipinski definition) is 3. The van der Waals surface area contributed by atoms with E-state index in [-0.39, 0.29) is 16.2 Å². The van der Waals surface area contributed by atoms with Gasteiger partial charge in [0.2, 0.25) is 0 Å². The van der Waals surface area contributed by atoms with Crippen molar-refractivity contribution in [3.63, 3.8) is 0 Å². The Morgan fingerprint density at radius 2 is 0.560 bits per heavy atom. The fourth-order valence-electron chi connectivity index (χ4n) is 12.4. The second-order valence-corrected chi connectivity index (χ2v) is 25.4. The summed E-state index contributed by atoms with van der Waals surface area (Å²) in [4.78, 5) is 16.4. The standard InChI is InChI=1S/C69H66N6/c1-67(2,3)37-43-22-25-61-58(34-43)52-16-10-13-19-55(52)64-70-49(40-73(61)64)31-46-28-47(32-50-41-74-62-26-23-44(38-68(4,5)6)35-59(62)53-17-11-14-20-56(53)65(74)71-50)30-48(29-46)33-51-42-75-63-27-24-45(39-69(7,8)9)36-60(63)54-18-12-15-21-57(54)66(75)72-51/h10-30,34-36,40-42H,31-33,37-39H2,1-9H3. The third kappa shape index (κ3) is 8.88. The molecule has 372 valence electrons. The molecule has 13 rings (SSSR count). The number of pyridine rings is 3. The predicted molar refractivity (Wildman–Crippen MR) is 315 cm³/mol. The zero-order chi connectivity index (χ0) is 51.5. The van der Waals surface area contributed by atoms with E-state index >= 15 is 0 Å². The van der Waals surface area contributed by atoms with E-state index in [9.17, 15) is 0 Å². The smallest absolute Gasteiger partial charge is 0.145 e. The molecule has 0 atom stereocenters. The highest BCUT2D eigenvalue weighted by molar-refractivity contribution is 6.14. The van der Waals surface area contributed by atoms with Gasteiger partial charge in [-0.2, -0.15) is 0 Å². The molecule has 0 bridgehead atoms. The minimum Gasteiger partial charge on any atom is -0.299 e. The summed E-state index contributed by atoms with van der Waals surface area (Å²) in [5.74, 6) is 0. The molecule has 0 aliphatic carbocycles. The molecule has 0 radical (unpaired) electrons. The van der Waals surface area contributed by atoms with Gasteiger partial charge in [0.1, 0.15) is 16.9 Å². The Morgan fingerprint density at radius 1 is 0.293 bits per heavy atom. The normalized spacial score (nSPS) is 12.9. The lowest BCUT2D eigenvalue weighted by atomic mass is 9.87. The third-order valence-corrected chi connectivity index (χ3v) is 15.1. The van der Waals surface area contributed by atoms with Crippen molar-refractivity contribution in [3.05, 3.63) is 215 Å². The average Bonchev–Trinajstić information content (AvgIpc) is 4.12. The van der Waals surface area contributed by atoms with Gasteiger partial charge in [0.05, 0.1) is 33.6 Å². The van der Waals surface area contributed by atoms with Crippen molar-refractivity contribution in [1.82, 2.24) is 28.2 Å². The Morgan fingerprint density at radius 3 is 0.827 bits per heavy atom. The van der Waals surface area contributed by atoms with Crippen LogP contribution in [0, 0.1) is 16.2 Å². The van der Waals surface area contributed by atoms with Crippen molar-refractivity contribution in [2.45, 2.75) is 101 Å². The first-order chi connectivity index (χ1) is 35.9. The molecular weight excluding hydrogens is 913 g/mol. The lowest BCUT2D eigenvalue weighted by Gasteiger charge is -2.19. The van der Waals surface area contributed by atoms with Crippen LogP contribution in [0.3, 0.4) is 0 Å². The second kappa shape index (κ2) is 17.4. The molecule has 0 N–H and O–H groups in total. The highest BCUT2D eigenvalue weighted by Gasteiger charge is 2.21. The van der Waals surface area contributed by atoms with Gasteiger partial charge >= 0.3 is 0 Å². The minimum atomic E-state index is 0.192. The SMILES string of the molecule is CC(C)(C)Cc1ccc2c(c1)c1ccccc1c1nc(Cc3cc(Cc4cn5c6ccc(CC(C)(C)C)cc6c6ccccc6c5n4)cc(Cc4cn5c6ccc(CC(C)(C)C)cc6c6ccccc6c5n4)c3)cn21. The van der Waals surface area contributed by atoms with Gasteiger partial charge in [0.15, 0.2) is 0 Å². The van der Waals surface area contributed by atoms with Crippen LogP contribution in [0.25, 0.3) is 82.0 Å². The van der Waals surface area contributed by atoms with E-state index in [4.69, 9.17) is 15.0 Å². The number of benzene rings is 7. The Kier molecular flexibility index (Phi) is 10.9. The predicted octanol–water partition coefficient (Wildman–Crippen LogP) is 17.1. The first-order valence-corrected chi connectivity index (χ1v) is 27.0. The van der Waals surface area contributed by atoms with Gasteiger partial charge in [-0.05, 0) is 121 Å². The maximum absolute atomic E-state index is 5.45. The Balaban J connectivity index is 0.931. The Labute approximate surface area is 439 Å². The number of aromatic nitrogens is 6. The maximum atomic E-state index is 5.45. The van der Waals surface area contributed by atoms with E-state index in [0.717, 1.165) is 53.3 Å². The van der Waals surface area contributed by atoms with Gasteiger partial charge in [0.25, 0.3) is 0 Å². The van der Waals surface area contributed by atoms with Crippen molar-refractivity contribution < 1.29 is 0 Å². The molecular formula is C69H66N6. The molecule has 0 unspecified atom stereocenters. The molecule has 6 heterocycles. The first kappa shape index (κ1) is 46.9. The quantitative estimate of drug-likeness (QED) is 0.135. The third-order valence-electron chi connectivity index (χ3n) is 15.1. The summed E-state index contributed by atoms with van der Waals surface area (Å²) in [6.07, 6.45) is 11.9. The van der Waals surface area contributed by atoms with E-state index in [1.807, 2.05) is 0 Å². The van der Waals surface area contributed by atoms with Gasteiger partial charge in [-0.3, -0.25) is 13.2 Å². The van der Waals surface area contributed by atoms with Gasteiger partial charge < -0.3 is 0 Å². The van der Waals surface area contributed by atoms with Crippen molar-refractivity contribution in [1.29, 1.82) is 0 Å². The van der Waals surface area contributed by atoms with Gasteiger partial charge in [-0.1, -0.05) is 172 Å². The lowest BCUT2D eigenvalue weighted by molar-refractivity contribution is 0.411. The summed E-state index contributed by atoms with van der Waals surface area (Å²) in [6, 6.07) is 54.6. The van der Waals surface area contributed by atoms with Crippen LogP contribution in [0.4, 0.5) is 0 Å². The largest absolute Gasteiger partial charge is 0.299 e. The second-order valence-electron chi connectivity index (χ2n) is 25.4. The zero-order valence-electron chi connectivity index (χ0n) is 45.0. The summed E-state index contributed by atoms with van der Waals surface area (Å²) in [5, 5.41) is 11.1. The first-order valence-electron chi connectivity index (χ1n) is 27.0. The molecule has 13 aromatic rings. The highest BCUT2D eigenvalue weighted by atomic mass is 15.0. The van der Waals surface area contributed by atoms with Crippen LogP contribution in [-0.2, 0) is 38.5 Å². The van der Waals surface area contributed by atoms with E-state index in [1.54, 1.807) is 0 Å². The summed E-state index contributed by atoms with van der Waals surface area (Å²) < 4.78 is 6.98. The molecule has 0 fully saturated rings. The van der Waals surface area contributed by atoms with Gasteiger partial charge in [0, 0.05) is 70.2 Å². The molecule has 0 spiro atoms. The van der Waals surface area contributed by atoms with Crippen LogP contribution in [0.2, 0.25) is 0 Å². The fourth-order valence-corrected chi connectivity index (χ4v) is 12.4. The number of hydrogen-bond donors (Lipinski definition) is 0. The highest BCUT2D eigenvalue weighted by Crippen LogP contribution is 2.36. The lowest BCUT2D eigenvalue weighted by Crippen LogP contribution is -2.09. The molecule has 0 saturated heterocycles. The number of fused-ring (bicyclic) bond motifs is 18. The monoisotopic (exact) mass is 979 g/mol. The summed E-state index contributed by atoms with van der Waals surface area (Å²) in [5.41, 5.74) is 18.0. The van der Waals surface area contributed by atoms with E-state index in [1.165, 1.54) is 98.4 Å². The Bertz CT molecular complexity index is 3960. The minimum absolute atomic E-state index is 0.192. The molecule has 0 saturated carbocycles. The van der Waals surface area contributed by atoms with E-state index < -0.39 is 0 Å². The van der Waals surface area contributed by atoms with Crippen LogP contribution in [0.5, 0.6) is 0 Å². The topological polar surface area (TPSA) is 51.9 Å². The molecule has 0 amide bonds. The van der Waals surface area contributed by atoms with Crippen molar-refractivity contribution >= 4 is 82.0 Å².